The fourth-order valence-electron chi connectivity index (χ4n) is 1.91. The Morgan fingerprint density at radius 1 is 1.32 bits per heavy atom. The molecule has 0 saturated carbocycles. The molecule has 7 heteroatoms. The minimum Gasteiger partial charge on any atom is -0.475 e. The van der Waals surface area contributed by atoms with Gasteiger partial charge in [-0.1, -0.05) is 25.1 Å². The molecule has 1 aromatic heterocycles. The van der Waals surface area contributed by atoms with Gasteiger partial charge in [0.25, 0.3) is 0 Å². The molecule has 2 rings (SSSR count). The minimum atomic E-state index is -5.08. The molecule has 1 aromatic carbocycles. The van der Waals surface area contributed by atoms with Gasteiger partial charge < -0.3 is 10.1 Å². The number of carboxylic acids is 1. The fourth-order valence-corrected chi connectivity index (χ4v) is 1.91. The molecule has 0 saturated heterocycles. The van der Waals surface area contributed by atoms with Crippen LogP contribution in [0.2, 0.25) is 0 Å². The van der Waals surface area contributed by atoms with Gasteiger partial charge in [-0.3, -0.25) is 0 Å². The topological polar surface area (TPSA) is 66.0 Å². The van der Waals surface area contributed by atoms with Crippen molar-refractivity contribution in [3.05, 3.63) is 53.1 Å². The maximum Gasteiger partial charge on any atom is 0.490 e. The van der Waals surface area contributed by atoms with E-state index >= 15 is 0 Å². The van der Waals surface area contributed by atoms with Crippen LogP contribution in [0.3, 0.4) is 0 Å². The van der Waals surface area contributed by atoms with Crippen LogP contribution in [0.15, 0.2) is 30.7 Å². The zero-order valence-electron chi connectivity index (χ0n) is 12.4. The third kappa shape index (κ3) is 4.61. The summed E-state index contributed by atoms with van der Waals surface area (Å²) in [4.78, 5) is 16.2. The smallest absolute Gasteiger partial charge is 0.475 e. The van der Waals surface area contributed by atoms with E-state index in [0.717, 1.165) is 5.69 Å². The quantitative estimate of drug-likeness (QED) is 0.886. The number of aromatic nitrogens is 2. The number of nitrogens with one attached hydrogen (secondary N) is 1. The van der Waals surface area contributed by atoms with E-state index in [1.165, 1.54) is 16.7 Å². The molecule has 0 amide bonds. The van der Waals surface area contributed by atoms with Gasteiger partial charge in [0.2, 0.25) is 0 Å². The molecule has 0 aliphatic carbocycles. The number of aromatic amines is 1. The Hall–Kier alpha value is -2.31. The molecule has 22 heavy (non-hydrogen) atoms. The van der Waals surface area contributed by atoms with Crippen molar-refractivity contribution in [2.45, 2.75) is 32.9 Å². The molecular weight excluding hydrogens is 297 g/mol. The van der Waals surface area contributed by atoms with Crippen LogP contribution in [0.1, 0.15) is 35.2 Å². The molecule has 4 nitrogen and oxygen atoms in total. The second-order valence-electron chi connectivity index (χ2n) is 4.81. The summed E-state index contributed by atoms with van der Waals surface area (Å²) >= 11 is 0. The van der Waals surface area contributed by atoms with E-state index < -0.39 is 12.1 Å². The molecule has 1 heterocycles. The van der Waals surface area contributed by atoms with Crippen molar-refractivity contribution in [2.24, 2.45) is 0 Å². The summed E-state index contributed by atoms with van der Waals surface area (Å²) in [6, 6.07) is 6.44. The molecular formula is C15H17F3N2O2. The van der Waals surface area contributed by atoms with E-state index in [0.29, 0.717) is 5.92 Å². The summed E-state index contributed by atoms with van der Waals surface area (Å²) in [6.45, 7) is 6.52. The lowest BCUT2D eigenvalue weighted by atomic mass is 9.92. The van der Waals surface area contributed by atoms with Gasteiger partial charge >= 0.3 is 12.1 Å². The van der Waals surface area contributed by atoms with E-state index in [4.69, 9.17) is 9.90 Å². The number of imidazole rings is 1. The molecule has 0 aliphatic rings. The van der Waals surface area contributed by atoms with Crippen LogP contribution < -0.4 is 0 Å². The van der Waals surface area contributed by atoms with Crippen molar-refractivity contribution in [1.29, 1.82) is 0 Å². The first-order valence-corrected chi connectivity index (χ1v) is 6.49. The van der Waals surface area contributed by atoms with Crippen LogP contribution in [0, 0.1) is 13.8 Å². The van der Waals surface area contributed by atoms with Crippen molar-refractivity contribution in [1.82, 2.24) is 9.97 Å². The maximum atomic E-state index is 10.6. The maximum absolute atomic E-state index is 10.6. The predicted molar refractivity (Wildman–Crippen MR) is 75.7 cm³/mol. The lowest BCUT2D eigenvalue weighted by Crippen LogP contribution is -2.21. The Bertz CT molecular complexity index is 622. The van der Waals surface area contributed by atoms with E-state index in [9.17, 15) is 13.2 Å². The lowest BCUT2D eigenvalue weighted by Gasteiger charge is -2.14. The Morgan fingerprint density at radius 3 is 2.36 bits per heavy atom. The number of aryl methyl sites for hydroxylation is 1. The average molecular weight is 314 g/mol. The first kappa shape index (κ1) is 17.7. The number of rotatable bonds is 2. The summed E-state index contributed by atoms with van der Waals surface area (Å²) < 4.78 is 31.7. The number of nitrogens with zero attached hydrogens (tertiary/aromatic N) is 1. The molecule has 0 fully saturated rings. The first-order valence-electron chi connectivity index (χ1n) is 6.49. The first-order chi connectivity index (χ1) is 10.1. The third-order valence-corrected chi connectivity index (χ3v) is 3.32. The van der Waals surface area contributed by atoms with Crippen LogP contribution in [-0.2, 0) is 4.79 Å². The summed E-state index contributed by atoms with van der Waals surface area (Å²) in [5.41, 5.74) is 5.17. The highest BCUT2D eigenvalue weighted by Gasteiger charge is 2.38. The Balaban J connectivity index is 0.000000295. The molecule has 1 atom stereocenters. The van der Waals surface area contributed by atoms with Crippen molar-refractivity contribution in [3.63, 3.8) is 0 Å². The summed E-state index contributed by atoms with van der Waals surface area (Å²) in [6.07, 6.45) is -1.39. The Morgan fingerprint density at radius 2 is 1.91 bits per heavy atom. The number of carbonyl (C=O) groups is 1. The standard InChI is InChI=1S/C13H16N2.C2HF3O2/c1-9-5-4-6-12(10(9)2)11(3)13-7-14-8-15-13;3-2(4,5)1(6)7/h4-8,11H,1-3H3,(H,14,15);(H,6,7). The lowest BCUT2D eigenvalue weighted by molar-refractivity contribution is -0.192. The minimum absolute atomic E-state index is 0.358. The predicted octanol–water partition coefficient (Wildman–Crippen LogP) is 3.81. The van der Waals surface area contributed by atoms with Gasteiger partial charge in [0.1, 0.15) is 0 Å². The van der Waals surface area contributed by atoms with Crippen molar-refractivity contribution >= 4 is 5.97 Å². The van der Waals surface area contributed by atoms with Gasteiger partial charge in [-0.15, -0.1) is 0 Å². The normalized spacial score (nSPS) is 12.3. The second-order valence-corrected chi connectivity index (χ2v) is 4.81. The number of hydrogen-bond acceptors (Lipinski definition) is 2. The van der Waals surface area contributed by atoms with Gasteiger partial charge in [0, 0.05) is 12.1 Å². The molecule has 120 valence electrons. The second kappa shape index (κ2) is 7.11. The number of alkyl halides is 3. The van der Waals surface area contributed by atoms with Gasteiger partial charge in [0.15, 0.2) is 0 Å². The van der Waals surface area contributed by atoms with Gasteiger partial charge in [-0.2, -0.15) is 13.2 Å². The molecule has 0 radical (unpaired) electrons. The third-order valence-electron chi connectivity index (χ3n) is 3.32. The number of aliphatic carboxylic acids is 1. The van der Waals surface area contributed by atoms with E-state index in [1.807, 2.05) is 6.20 Å². The molecule has 2 N–H and O–H groups in total. The number of halogens is 3. The van der Waals surface area contributed by atoms with Crippen molar-refractivity contribution in [3.8, 4) is 0 Å². The number of benzene rings is 1. The van der Waals surface area contributed by atoms with Crippen LogP contribution in [0.4, 0.5) is 13.2 Å². The van der Waals surface area contributed by atoms with E-state index in [2.05, 4.69) is 48.9 Å². The van der Waals surface area contributed by atoms with Gasteiger partial charge in [-0.25, -0.2) is 9.78 Å². The Kier molecular flexibility index (Phi) is 5.73. The van der Waals surface area contributed by atoms with Gasteiger partial charge in [-0.05, 0) is 30.5 Å². The zero-order valence-corrected chi connectivity index (χ0v) is 12.4. The summed E-state index contributed by atoms with van der Waals surface area (Å²) in [5, 5.41) is 7.12. The zero-order chi connectivity index (χ0) is 16.9. The van der Waals surface area contributed by atoms with Crippen LogP contribution in [0.5, 0.6) is 0 Å². The van der Waals surface area contributed by atoms with Crippen molar-refractivity contribution < 1.29 is 23.1 Å². The molecule has 1 unspecified atom stereocenters. The number of H-pyrrole nitrogens is 1. The Labute approximate surface area is 126 Å². The highest BCUT2D eigenvalue weighted by atomic mass is 19.4. The molecule has 0 aliphatic heterocycles. The number of carboxylic acid groups (broad SMARTS) is 1. The SMILES string of the molecule is Cc1cccc(C(C)c2c[nH]cn2)c1C.O=C(O)C(F)(F)F. The molecule has 0 bridgehead atoms. The number of hydrogen-bond donors (Lipinski definition) is 2. The van der Waals surface area contributed by atoms with Crippen molar-refractivity contribution in [2.75, 3.05) is 0 Å². The van der Waals surface area contributed by atoms with Crippen LogP contribution >= 0.6 is 0 Å². The largest absolute Gasteiger partial charge is 0.490 e. The average Bonchev–Trinajstić information content (AvgIpc) is 2.95. The van der Waals surface area contributed by atoms with Gasteiger partial charge in [0.05, 0.1) is 12.0 Å². The molecule has 0 spiro atoms. The van der Waals surface area contributed by atoms with Crippen LogP contribution in [-0.4, -0.2) is 27.2 Å². The summed E-state index contributed by atoms with van der Waals surface area (Å²) in [5.74, 6) is -2.40. The molecule has 2 aromatic rings. The highest BCUT2D eigenvalue weighted by molar-refractivity contribution is 5.73. The fraction of sp³-hybridized carbons (Fsp3) is 0.333. The van der Waals surface area contributed by atoms with E-state index in [1.54, 1.807) is 6.33 Å². The van der Waals surface area contributed by atoms with E-state index in [-0.39, 0.29) is 0 Å². The summed E-state index contributed by atoms with van der Waals surface area (Å²) in [7, 11) is 0. The monoisotopic (exact) mass is 314 g/mol. The van der Waals surface area contributed by atoms with Crippen LogP contribution in [0.25, 0.3) is 0 Å². The highest BCUT2D eigenvalue weighted by Crippen LogP contribution is 2.26.